The zero-order valence-corrected chi connectivity index (χ0v) is 14.5. The maximum absolute atomic E-state index is 11.3. The van der Waals surface area contributed by atoms with Crippen molar-refractivity contribution in [1.29, 1.82) is 0 Å². The van der Waals surface area contributed by atoms with Crippen LogP contribution in [0.15, 0.2) is 0 Å². The first kappa shape index (κ1) is 17.1. The van der Waals surface area contributed by atoms with Crippen molar-refractivity contribution >= 4 is 21.6 Å². The SMILES string of the molecule is CCc1nn(CC(CBr)C(C)(C)C)c(CC)c1[N+](=O)[O-]. The molecule has 1 unspecified atom stereocenters. The highest BCUT2D eigenvalue weighted by Crippen LogP contribution is 2.31. The number of hydrogen-bond donors (Lipinski definition) is 0. The Morgan fingerprint density at radius 3 is 2.30 bits per heavy atom. The van der Waals surface area contributed by atoms with Crippen molar-refractivity contribution in [3.05, 3.63) is 21.5 Å². The van der Waals surface area contributed by atoms with Gasteiger partial charge in [0.15, 0.2) is 0 Å². The van der Waals surface area contributed by atoms with Crippen LogP contribution in [0.25, 0.3) is 0 Å². The summed E-state index contributed by atoms with van der Waals surface area (Å²) >= 11 is 3.55. The molecule has 0 N–H and O–H groups in total. The summed E-state index contributed by atoms with van der Waals surface area (Å²) in [7, 11) is 0. The van der Waals surface area contributed by atoms with Crippen LogP contribution >= 0.6 is 15.9 Å². The lowest BCUT2D eigenvalue weighted by Crippen LogP contribution is -2.27. The van der Waals surface area contributed by atoms with E-state index < -0.39 is 0 Å². The van der Waals surface area contributed by atoms with Gasteiger partial charge in [0.25, 0.3) is 0 Å². The lowest BCUT2D eigenvalue weighted by atomic mass is 9.82. The van der Waals surface area contributed by atoms with E-state index in [0.29, 0.717) is 31.0 Å². The van der Waals surface area contributed by atoms with Crippen molar-refractivity contribution < 1.29 is 4.92 Å². The molecule has 0 amide bonds. The minimum Gasteiger partial charge on any atom is -0.262 e. The smallest absolute Gasteiger partial charge is 0.262 e. The minimum atomic E-state index is -0.290. The van der Waals surface area contributed by atoms with E-state index in [4.69, 9.17) is 0 Å². The number of hydrogen-bond acceptors (Lipinski definition) is 3. The van der Waals surface area contributed by atoms with Gasteiger partial charge in [-0.15, -0.1) is 0 Å². The third-order valence-corrected chi connectivity index (χ3v) is 4.54. The van der Waals surface area contributed by atoms with Crippen LogP contribution in [-0.4, -0.2) is 20.0 Å². The second kappa shape index (κ2) is 6.70. The first-order chi connectivity index (χ1) is 9.26. The van der Waals surface area contributed by atoms with Gasteiger partial charge in [0.2, 0.25) is 0 Å². The fraction of sp³-hybridized carbons (Fsp3) is 0.786. The Bertz CT molecular complexity index is 477. The molecule has 1 rings (SSSR count). The number of halogens is 1. The monoisotopic (exact) mass is 345 g/mol. The zero-order chi connectivity index (χ0) is 15.5. The molecule has 1 atom stereocenters. The van der Waals surface area contributed by atoms with Gasteiger partial charge in [0, 0.05) is 11.9 Å². The summed E-state index contributed by atoms with van der Waals surface area (Å²) in [6, 6.07) is 0. The summed E-state index contributed by atoms with van der Waals surface area (Å²) in [5.74, 6) is 0.372. The van der Waals surface area contributed by atoms with E-state index in [1.54, 1.807) is 0 Å². The molecule has 114 valence electrons. The standard InChI is InChI=1S/C14H24BrN3O2/c1-6-11-13(18(19)20)12(7-2)17(16-11)9-10(8-15)14(3,4)5/h10H,6-9H2,1-5H3. The topological polar surface area (TPSA) is 61.0 Å². The highest BCUT2D eigenvalue weighted by atomic mass is 79.9. The van der Waals surface area contributed by atoms with Crippen molar-refractivity contribution in [2.45, 2.75) is 54.0 Å². The zero-order valence-electron chi connectivity index (χ0n) is 12.9. The summed E-state index contributed by atoms with van der Waals surface area (Å²) in [4.78, 5) is 11.0. The molecule has 0 aliphatic rings. The van der Waals surface area contributed by atoms with E-state index in [-0.39, 0.29) is 16.0 Å². The molecule has 0 radical (unpaired) electrons. The number of nitrogens with zero attached hydrogens (tertiary/aromatic N) is 3. The second-order valence-electron chi connectivity index (χ2n) is 6.11. The largest absolute Gasteiger partial charge is 0.313 e. The molecule has 0 fully saturated rings. The molecule has 0 saturated heterocycles. The molecule has 0 aromatic carbocycles. The number of nitro groups is 1. The molecule has 5 nitrogen and oxygen atoms in total. The first-order valence-corrected chi connectivity index (χ1v) is 8.17. The highest BCUT2D eigenvalue weighted by molar-refractivity contribution is 9.09. The predicted molar refractivity (Wildman–Crippen MR) is 84.4 cm³/mol. The summed E-state index contributed by atoms with van der Waals surface area (Å²) in [6.45, 7) is 11.1. The average molecular weight is 346 g/mol. The van der Waals surface area contributed by atoms with Gasteiger partial charge in [-0.2, -0.15) is 5.10 Å². The van der Waals surface area contributed by atoms with E-state index in [0.717, 1.165) is 11.0 Å². The molecule has 0 aliphatic carbocycles. The first-order valence-electron chi connectivity index (χ1n) is 7.05. The van der Waals surface area contributed by atoms with Gasteiger partial charge in [0.05, 0.1) is 4.92 Å². The number of aromatic nitrogens is 2. The second-order valence-corrected chi connectivity index (χ2v) is 6.75. The molecule has 1 aromatic rings. The van der Waals surface area contributed by atoms with Crippen LogP contribution in [0.3, 0.4) is 0 Å². The van der Waals surface area contributed by atoms with Crippen molar-refractivity contribution in [2.75, 3.05) is 5.33 Å². The van der Waals surface area contributed by atoms with E-state index >= 15 is 0 Å². The van der Waals surface area contributed by atoms with E-state index in [2.05, 4.69) is 41.8 Å². The molecule has 0 bridgehead atoms. The molecular formula is C14H24BrN3O2. The maximum Gasteiger partial charge on any atom is 0.313 e. The Morgan fingerprint density at radius 2 is 1.95 bits per heavy atom. The van der Waals surface area contributed by atoms with E-state index in [9.17, 15) is 10.1 Å². The average Bonchev–Trinajstić information content (AvgIpc) is 2.71. The normalized spacial score (nSPS) is 13.5. The molecule has 0 spiro atoms. The summed E-state index contributed by atoms with van der Waals surface area (Å²) < 4.78 is 1.84. The molecule has 1 heterocycles. The Hall–Kier alpha value is -0.910. The Morgan fingerprint density at radius 1 is 1.35 bits per heavy atom. The fourth-order valence-electron chi connectivity index (χ4n) is 2.25. The van der Waals surface area contributed by atoms with Gasteiger partial charge in [-0.1, -0.05) is 50.5 Å². The Kier molecular flexibility index (Phi) is 5.74. The van der Waals surface area contributed by atoms with Crippen molar-refractivity contribution in [3.8, 4) is 0 Å². The maximum atomic E-state index is 11.3. The number of alkyl halides is 1. The van der Waals surface area contributed by atoms with Crippen LogP contribution in [0.4, 0.5) is 5.69 Å². The number of rotatable bonds is 6. The lowest BCUT2D eigenvalue weighted by molar-refractivity contribution is -0.386. The van der Waals surface area contributed by atoms with Gasteiger partial charge in [-0.3, -0.25) is 14.8 Å². The third-order valence-electron chi connectivity index (χ3n) is 3.76. The molecule has 0 saturated carbocycles. The quantitative estimate of drug-likeness (QED) is 0.445. The van der Waals surface area contributed by atoms with Crippen LogP contribution in [0.1, 0.15) is 46.0 Å². The summed E-state index contributed by atoms with van der Waals surface area (Å²) in [5, 5.41) is 16.6. The minimum absolute atomic E-state index is 0.127. The molecular weight excluding hydrogens is 322 g/mol. The van der Waals surface area contributed by atoms with Crippen molar-refractivity contribution in [1.82, 2.24) is 9.78 Å². The highest BCUT2D eigenvalue weighted by Gasteiger charge is 2.29. The molecule has 20 heavy (non-hydrogen) atoms. The van der Waals surface area contributed by atoms with Crippen LogP contribution < -0.4 is 0 Å². The molecule has 0 aliphatic heterocycles. The predicted octanol–water partition coefficient (Wildman–Crippen LogP) is 3.97. The van der Waals surface area contributed by atoms with E-state index in [1.165, 1.54) is 0 Å². The fourth-order valence-corrected chi connectivity index (χ4v) is 3.43. The summed E-state index contributed by atoms with van der Waals surface area (Å²) in [6.07, 6.45) is 1.22. The van der Waals surface area contributed by atoms with Crippen molar-refractivity contribution in [3.63, 3.8) is 0 Å². The summed E-state index contributed by atoms with van der Waals surface area (Å²) in [5.41, 5.74) is 1.66. The van der Waals surface area contributed by atoms with Crippen molar-refractivity contribution in [2.24, 2.45) is 11.3 Å². The van der Waals surface area contributed by atoms with Crippen LogP contribution in [0.2, 0.25) is 0 Å². The third kappa shape index (κ3) is 3.59. The van der Waals surface area contributed by atoms with Gasteiger partial charge >= 0.3 is 5.69 Å². The Balaban J connectivity index is 3.22. The number of aryl methyl sites for hydroxylation is 1. The lowest BCUT2D eigenvalue weighted by Gasteiger charge is -2.29. The van der Waals surface area contributed by atoms with Gasteiger partial charge in [-0.25, -0.2) is 0 Å². The molecule has 6 heteroatoms. The van der Waals surface area contributed by atoms with Gasteiger partial charge < -0.3 is 0 Å². The molecule has 1 aromatic heterocycles. The van der Waals surface area contributed by atoms with Gasteiger partial charge in [-0.05, 0) is 24.2 Å². The van der Waals surface area contributed by atoms with Crippen LogP contribution in [-0.2, 0) is 19.4 Å². The van der Waals surface area contributed by atoms with E-state index in [1.807, 2.05) is 18.5 Å². The van der Waals surface area contributed by atoms with Gasteiger partial charge in [0.1, 0.15) is 11.4 Å². The van der Waals surface area contributed by atoms with Crippen LogP contribution in [0.5, 0.6) is 0 Å². The Labute approximate surface area is 129 Å². The van der Waals surface area contributed by atoms with Crippen LogP contribution in [0, 0.1) is 21.4 Å².